The maximum Gasteiger partial charge on any atom is 0.271 e. The largest absolute Gasteiger partial charge is 0.450 e. The fourth-order valence-electron chi connectivity index (χ4n) is 4.66. The molecule has 11 heteroatoms. The zero-order valence-corrected chi connectivity index (χ0v) is 25.2. The van der Waals surface area contributed by atoms with E-state index < -0.39 is 6.04 Å². The van der Waals surface area contributed by atoms with Gasteiger partial charge in [-0.05, 0) is 82.3 Å². The molecule has 4 heterocycles. The molecule has 1 aromatic carbocycles. The third kappa shape index (κ3) is 5.56. The molecule has 0 radical (unpaired) electrons. The molecular formula is C29H28ClN5O3S2. The molecule has 3 aromatic heterocycles. The van der Waals surface area contributed by atoms with Crippen molar-refractivity contribution in [2.45, 2.75) is 50.9 Å². The van der Waals surface area contributed by atoms with Gasteiger partial charge in [-0.15, -0.1) is 0 Å². The Hall–Kier alpha value is -3.47. The maximum absolute atomic E-state index is 13.9. The molecule has 40 heavy (non-hydrogen) atoms. The molecule has 0 saturated heterocycles. The molecule has 0 spiro atoms. The molecule has 0 N–H and O–H groups in total. The molecule has 1 atom stereocenters. The number of hydrogen-bond donors (Lipinski definition) is 0. The number of fused-ring (bicyclic) bond motifs is 1. The zero-order chi connectivity index (χ0) is 28.6. The van der Waals surface area contributed by atoms with E-state index in [4.69, 9.17) is 21.0 Å². The number of amides is 1. The summed E-state index contributed by atoms with van der Waals surface area (Å²) >= 11 is 8.76. The smallest absolute Gasteiger partial charge is 0.271 e. The van der Waals surface area contributed by atoms with Crippen LogP contribution in [0.4, 0.5) is 0 Å². The molecular weight excluding hydrogens is 566 g/mol. The van der Waals surface area contributed by atoms with Crippen LogP contribution in [-0.4, -0.2) is 38.4 Å². The van der Waals surface area contributed by atoms with E-state index >= 15 is 0 Å². The fraction of sp³-hybridized carbons (Fsp3) is 0.276. The van der Waals surface area contributed by atoms with E-state index in [2.05, 4.69) is 9.97 Å². The van der Waals surface area contributed by atoms with E-state index in [1.165, 1.54) is 23.1 Å². The van der Waals surface area contributed by atoms with Crippen molar-refractivity contribution in [2.75, 3.05) is 13.1 Å². The summed E-state index contributed by atoms with van der Waals surface area (Å²) in [7, 11) is 0. The summed E-state index contributed by atoms with van der Waals surface area (Å²) in [6.45, 7) is 10.6. The Labute approximate surface area is 244 Å². The van der Waals surface area contributed by atoms with Gasteiger partial charge < -0.3 is 9.32 Å². The van der Waals surface area contributed by atoms with E-state index in [1.54, 1.807) is 33.7 Å². The van der Waals surface area contributed by atoms with Gasteiger partial charge >= 0.3 is 0 Å². The summed E-state index contributed by atoms with van der Waals surface area (Å²) in [4.78, 5) is 43.4. The number of halogens is 1. The first-order chi connectivity index (χ1) is 19.2. The Morgan fingerprint density at radius 2 is 1.77 bits per heavy atom. The van der Waals surface area contributed by atoms with Crippen molar-refractivity contribution < 1.29 is 9.21 Å². The molecule has 1 aliphatic heterocycles. The molecule has 1 aliphatic rings. The Morgan fingerprint density at radius 3 is 2.42 bits per heavy atom. The van der Waals surface area contributed by atoms with Gasteiger partial charge in [0, 0.05) is 35.6 Å². The van der Waals surface area contributed by atoms with Gasteiger partial charge in [0.1, 0.15) is 5.76 Å². The number of carbonyl (C=O) groups excluding carboxylic acids is 1. The van der Waals surface area contributed by atoms with Crippen molar-refractivity contribution in [2.24, 2.45) is 4.99 Å². The van der Waals surface area contributed by atoms with Crippen molar-refractivity contribution in [3.05, 3.63) is 101 Å². The van der Waals surface area contributed by atoms with E-state index in [9.17, 15) is 9.59 Å². The minimum atomic E-state index is -0.631. The highest BCUT2D eigenvalue weighted by atomic mass is 35.5. The van der Waals surface area contributed by atoms with Crippen molar-refractivity contribution in [3.63, 3.8) is 0 Å². The molecule has 0 fully saturated rings. The van der Waals surface area contributed by atoms with Gasteiger partial charge in [-0.25, -0.2) is 15.0 Å². The van der Waals surface area contributed by atoms with Crippen molar-refractivity contribution in [1.82, 2.24) is 19.4 Å². The van der Waals surface area contributed by atoms with Crippen LogP contribution in [0.3, 0.4) is 0 Å². The fourth-order valence-corrected chi connectivity index (χ4v) is 6.65. The number of rotatable bonds is 7. The second-order valence-electron chi connectivity index (χ2n) is 9.30. The average Bonchev–Trinajstić information content (AvgIpc) is 3.47. The number of aryl methyl sites for hydroxylation is 2. The zero-order valence-electron chi connectivity index (χ0n) is 22.8. The number of nitrogens with zero attached hydrogens (tertiary/aromatic N) is 5. The van der Waals surface area contributed by atoms with Gasteiger partial charge in [-0.1, -0.05) is 35.1 Å². The van der Waals surface area contributed by atoms with Crippen molar-refractivity contribution in [1.29, 1.82) is 0 Å². The van der Waals surface area contributed by atoms with Crippen LogP contribution in [-0.2, 0) is 4.79 Å². The third-order valence-electron chi connectivity index (χ3n) is 6.52. The molecule has 1 amide bonds. The number of aromatic nitrogens is 3. The molecule has 4 aromatic rings. The Kier molecular flexibility index (Phi) is 8.11. The lowest BCUT2D eigenvalue weighted by molar-refractivity contribution is -0.127. The third-order valence-corrected chi connectivity index (χ3v) is 8.54. The molecule has 0 saturated carbocycles. The summed E-state index contributed by atoms with van der Waals surface area (Å²) in [5.74, 6) is 0.386. The van der Waals surface area contributed by atoms with Crippen molar-refractivity contribution >= 4 is 46.7 Å². The van der Waals surface area contributed by atoms with Crippen molar-refractivity contribution in [3.8, 4) is 0 Å². The van der Waals surface area contributed by atoms with Gasteiger partial charge in [-0.3, -0.25) is 14.2 Å². The molecule has 206 valence electrons. The quantitative estimate of drug-likeness (QED) is 0.283. The molecule has 8 nitrogen and oxygen atoms in total. The topological polar surface area (TPSA) is 93.6 Å². The lowest BCUT2D eigenvalue weighted by Gasteiger charge is -2.29. The SMILES string of the molecule is CCN(CC)C(=O)C1=C(C)N=c2s/c(=C\c3ccc(Sc4nc(C)cc(C)n4)o3)c(=O)n2[C@@H]1c1ccc(Cl)cc1. The minimum absolute atomic E-state index is 0.137. The first-order valence-corrected chi connectivity index (χ1v) is 14.9. The monoisotopic (exact) mass is 593 g/mol. The minimum Gasteiger partial charge on any atom is -0.450 e. The lowest BCUT2D eigenvalue weighted by Crippen LogP contribution is -2.43. The van der Waals surface area contributed by atoms with E-state index in [0.29, 0.717) is 54.7 Å². The summed E-state index contributed by atoms with van der Waals surface area (Å²) < 4.78 is 8.05. The van der Waals surface area contributed by atoms with Crippen LogP contribution in [0, 0.1) is 13.8 Å². The van der Waals surface area contributed by atoms with Crippen LogP contribution in [0.1, 0.15) is 49.5 Å². The first-order valence-electron chi connectivity index (χ1n) is 12.9. The predicted octanol–water partition coefficient (Wildman–Crippen LogP) is 4.91. The molecule has 0 unspecified atom stereocenters. The number of furan rings is 1. The Balaban J connectivity index is 1.58. The van der Waals surface area contributed by atoms with Gasteiger partial charge in [0.25, 0.3) is 11.5 Å². The first kappa shape index (κ1) is 28.1. The lowest BCUT2D eigenvalue weighted by atomic mass is 9.94. The van der Waals surface area contributed by atoms with Gasteiger partial charge in [0.2, 0.25) is 0 Å². The standard InChI is InChI=1S/C29H28ClN5O3S2/c1-6-34(7-2)27(37)24-18(5)33-29-35(25(24)19-8-10-20(30)11-9-19)26(36)22(39-29)15-21-12-13-23(38-21)40-28-31-16(3)14-17(4)32-28/h8-15,25H,6-7H2,1-5H3/b22-15-/t25-/m1/s1. The maximum atomic E-state index is 13.9. The summed E-state index contributed by atoms with van der Waals surface area (Å²) in [5.41, 5.74) is 3.38. The molecule has 0 aliphatic carbocycles. The number of thiazole rings is 1. The Morgan fingerprint density at radius 1 is 1.10 bits per heavy atom. The van der Waals surface area contributed by atoms with Crippen LogP contribution < -0.4 is 14.9 Å². The Bertz CT molecular complexity index is 1780. The molecule has 5 rings (SSSR count). The van der Waals surface area contributed by atoms with Crippen LogP contribution in [0.15, 0.2) is 78.2 Å². The predicted molar refractivity (Wildman–Crippen MR) is 157 cm³/mol. The van der Waals surface area contributed by atoms with Gasteiger partial charge in [-0.2, -0.15) is 0 Å². The van der Waals surface area contributed by atoms with Gasteiger partial charge in [0.05, 0.1) is 21.8 Å². The second-order valence-corrected chi connectivity index (χ2v) is 11.7. The number of hydrogen-bond acceptors (Lipinski definition) is 8. The van der Waals surface area contributed by atoms with E-state index in [1.807, 2.05) is 58.9 Å². The highest BCUT2D eigenvalue weighted by Crippen LogP contribution is 2.32. The number of benzene rings is 1. The van der Waals surface area contributed by atoms with Crippen LogP contribution in [0.25, 0.3) is 6.08 Å². The molecule has 0 bridgehead atoms. The number of likely N-dealkylation sites (N-methyl/N-ethyl adjacent to an activating group) is 1. The highest BCUT2D eigenvalue weighted by Gasteiger charge is 2.34. The van der Waals surface area contributed by atoms with Crippen LogP contribution in [0.5, 0.6) is 0 Å². The number of allylic oxidation sites excluding steroid dienone is 1. The van der Waals surface area contributed by atoms with Gasteiger partial charge in [0.15, 0.2) is 15.1 Å². The van der Waals surface area contributed by atoms with E-state index in [-0.39, 0.29) is 11.5 Å². The van der Waals surface area contributed by atoms with Crippen LogP contribution >= 0.6 is 34.7 Å². The normalized spacial score (nSPS) is 15.2. The van der Waals surface area contributed by atoms with Crippen LogP contribution in [0.2, 0.25) is 5.02 Å². The average molecular weight is 594 g/mol. The summed E-state index contributed by atoms with van der Waals surface area (Å²) in [5, 5.41) is 1.79. The highest BCUT2D eigenvalue weighted by molar-refractivity contribution is 7.99. The summed E-state index contributed by atoms with van der Waals surface area (Å²) in [6, 6.07) is 12.2. The van der Waals surface area contributed by atoms with E-state index in [0.717, 1.165) is 17.0 Å². The summed E-state index contributed by atoms with van der Waals surface area (Å²) in [6.07, 6.45) is 1.71. The second kappa shape index (κ2) is 11.6. The number of carbonyl (C=O) groups is 1.